The first-order chi connectivity index (χ1) is 6.50. The van der Waals surface area contributed by atoms with Crippen LogP contribution in [-0.2, 0) is 0 Å². The third-order valence-electron chi connectivity index (χ3n) is 1.73. The van der Waals surface area contributed by atoms with Gasteiger partial charge in [-0.25, -0.2) is 0 Å². The average Bonchev–Trinajstić information content (AvgIpc) is 2.01. The molecule has 0 radical (unpaired) electrons. The van der Waals surface area contributed by atoms with E-state index in [1.165, 1.54) is 19.1 Å². The first kappa shape index (κ1) is 10.6. The molecule has 1 aromatic rings. The number of carbonyl (C=O) groups excluding carboxylic acids is 1. The number of hydrogen-bond acceptors (Lipinski definition) is 2. The normalized spacial score (nSPS) is 10.4. The van der Waals surface area contributed by atoms with Crippen molar-refractivity contribution in [2.45, 2.75) is 20.5 Å². The van der Waals surface area contributed by atoms with Crippen LogP contribution in [-0.4, -0.2) is 12.4 Å². The van der Waals surface area contributed by atoms with Crippen molar-refractivity contribution in [3.8, 4) is 5.75 Å². The molecule has 0 fully saturated rings. The van der Waals surface area contributed by atoms with Gasteiger partial charge in [0.15, 0.2) is 5.78 Å². The third-order valence-corrected chi connectivity index (χ3v) is 1.73. The predicted octanol–water partition coefficient (Wildman–Crippen LogP) is 2.80. The molecule has 4 heteroatoms. The molecule has 0 bridgehead atoms. The van der Waals surface area contributed by atoms with E-state index in [-0.39, 0.29) is 17.1 Å². The number of carbonyl (C=O) groups is 1. The van der Waals surface area contributed by atoms with Gasteiger partial charge in [0.25, 0.3) is 0 Å². The molecule has 0 aliphatic carbocycles. The van der Waals surface area contributed by atoms with Crippen LogP contribution < -0.4 is 4.74 Å². The lowest BCUT2D eigenvalue weighted by molar-refractivity contribution is -0.0501. The number of Topliss-reactive ketones (excluding diaryl/α,β-unsaturated/α-hetero) is 1. The van der Waals surface area contributed by atoms with Gasteiger partial charge in [-0.2, -0.15) is 8.78 Å². The van der Waals surface area contributed by atoms with Crippen LogP contribution in [0.5, 0.6) is 5.75 Å². The highest BCUT2D eigenvalue weighted by Gasteiger charge is 2.12. The molecule has 0 saturated heterocycles. The van der Waals surface area contributed by atoms with E-state index in [2.05, 4.69) is 4.74 Å². The summed E-state index contributed by atoms with van der Waals surface area (Å²) in [5, 5.41) is 0. The first-order valence-electron chi connectivity index (χ1n) is 4.07. The van der Waals surface area contributed by atoms with Crippen LogP contribution in [0.2, 0.25) is 0 Å². The van der Waals surface area contributed by atoms with Crippen molar-refractivity contribution < 1.29 is 18.3 Å². The SMILES string of the molecule is CC(=O)c1ccc(C)cc1OC(F)F. The molecular formula is C10H10F2O2. The minimum atomic E-state index is -2.91. The van der Waals surface area contributed by atoms with E-state index in [9.17, 15) is 13.6 Å². The van der Waals surface area contributed by atoms with Crippen LogP contribution >= 0.6 is 0 Å². The van der Waals surface area contributed by atoms with Gasteiger partial charge >= 0.3 is 6.61 Å². The maximum atomic E-state index is 12.0. The monoisotopic (exact) mass is 200 g/mol. The fourth-order valence-corrected chi connectivity index (χ4v) is 1.11. The first-order valence-corrected chi connectivity index (χ1v) is 4.07. The summed E-state index contributed by atoms with van der Waals surface area (Å²) in [6.45, 7) is 0.139. The van der Waals surface area contributed by atoms with E-state index >= 15 is 0 Å². The van der Waals surface area contributed by atoms with Crippen molar-refractivity contribution in [1.29, 1.82) is 0 Å². The van der Waals surface area contributed by atoms with Crippen molar-refractivity contribution >= 4 is 5.78 Å². The molecule has 0 unspecified atom stereocenters. The van der Waals surface area contributed by atoms with Gasteiger partial charge in [-0.05, 0) is 31.5 Å². The Morgan fingerprint density at radius 3 is 2.57 bits per heavy atom. The van der Waals surface area contributed by atoms with Crippen molar-refractivity contribution in [3.63, 3.8) is 0 Å². The molecule has 14 heavy (non-hydrogen) atoms. The molecule has 0 aromatic heterocycles. The molecule has 2 nitrogen and oxygen atoms in total. The summed E-state index contributed by atoms with van der Waals surface area (Å²) >= 11 is 0. The summed E-state index contributed by atoms with van der Waals surface area (Å²) in [5.41, 5.74) is 0.946. The van der Waals surface area contributed by atoms with Crippen LogP contribution in [0.25, 0.3) is 0 Å². The minimum Gasteiger partial charge on any atom is -0.434 e. The molecule has 1 aromatic carbocycles. The number of ketones is 1. The second kappa shape index (κ2) is 4.17. The van der Waals surface area contributed by atoms with E-state index in [0.29, 0.717) is 0 Å². The number of hydrogen-bond donors (Lipinski definition) is 0. The quantitative estimate of drug-likeness (QED) is 0.701. The van der Waals surface area contributed by atoms with Gasteiger partial charge < -0.3 is 4.74 Å². The van der Waals surface area contributed by atoms with Crippen LogP contribution in [0.15, 0.2) is 18.2 Å². The highest BCUT2D eigenvalue weighted by molar-refractivity contribution is 5.96. The third kappa shape index (κ3) is 2.52. The van der Waals surface area contributed by atoms with Gasteiger partial charge in [0.2, 0.25) is 0 Å². The van der Waals surface area contributed by atoms with E-state index in [0.717, 1.165) is 5.56 Å². The van der Waals surface area contributed by atoms with E-state index < -0.39 is 6.61 Å². The Balaban J connectivity index is 3.09. The molecule has 0 atom stereocenters. The van der Waals surface area contributed by atoms with Crippen molar-refractivity contribution in [2.75, 3.05) is 0 Å². The molecule has 0 N–H and O–H groups in total. The summed E-state index contributed by atoms with van der Waals surface area (Å²) in [5.74, 6) is -0.354. The molecule has 0 aliphatic heterocycles. The Morgan fingerprint density at radius 2 is 2.07 bits per heavy atom. The zero-order valence-electron chi connectivity index (χ0n) is 7.88. The van der Waals surface area contributed by atoms with Crippen LogP contribution in [0.3, 0.4) is 0 Å². The fraction of sp³-hybridized carbons (Fsp3) is 0.300. The number of aryl methyl sites for hydroxylation is 1. The summed E-state index contributed by atoms with van der Waals surface area (Å²) in [6, 6.07) is 4.58. The zero-order valence-corrected chi connectivity index (χ0v) is 7.88. The highest BCUT2D eigenvalue weighted by atomic mass is 19.3. The Labute approximate surface area is 80.5 Å². The number of ether oxygens (including phenoxy) is 1. The van der Waals surface area contributed by atoms with E-state index in [1.54, 1.807) is 13.0 Å². The van der Waals surface area contributed by atoms with Gasteiger partial charge in [0.05, 0.1) is 5.56 Å². The molecule has 0 amide bonds. The molecular weight excluding hydrogens is 190 g/mol. The Bertz CT molecular complexity index is 348. The summed E-state index contributed by atoms with van der Waals surface area (Å²) in [7, 11) is 0. The summed E-state index contributed by atoms with van der Waals surface area (Å²) in [4.78, 5) is 11.0. The van der Waals surface area contributed by atoms with Crippen molar-refractivity contribution in [1.82, 2.24) is 0 Å². The van der Waals surface area contributed by atoms with Gasteiger partial charge in [0.1, 0.15) is 5.75 Å². The predicted molar refractivity (Wildman–Crippen MR) is 47.8 cm³/mol. The highest BCUT2D eigenvalue weighted by Crippen LogP contribution is 2.22. The van der Waals surface area contributed by atoms with E-state index in [4.69, 9.17) is 0 Å². The molecule has 0 aliphatic rings. The number of benzene rings is 1. The van der Waals surface area contributed by atoms with Crippen LogP contribution in [0.1, 0.15) is 22.8 Å². The topological polar surface area (TPSA) is 26.3 Å². The lowest BCUT2D eigenvalue weighted by Crippen LogP contribution is -2.06. The van der Waals surface area contributed by atoms with Crippen LogP contribution in [0, 0.1) is 6.92 Å². The van der Waals surface area contributed by atoms with Gasteiger partial charge in [0, 0.05) is 0 Å². The van der Waals surface area contributed by atoms with Crippen LogP contribution in [0.4, 0.5) is 8.78 Å². The maximum absolute atomic E-state index is 12.0. The molecule has 0 heterocycles. The zero-order chi connectivity index (χ0) is 10.7. The number of alkyl halides is 2. The van der Waals surface area contributed by atoms with Crippen molar-refractivity contribution in [2.24, 2.45) is 0 Å². The standard InChI is InChI=1S/C10H10F2O2/c1-6-3-4-8(7(2)13)9(5-6)14-10(11)12/h3-5,10H,1-2H3. The molecule has 76 valence electrons. The largest absolute Gasteiger partial charge is 0.434 e. The fourth-order valence-electron chi connectivity index (χ4n) is 1.11. The maximum Gasteiger partial charge on any atom is 0.387 e. The number of rotatable bonds is 3. The van der Waals surface area contributed by atoms with Gasteiger partial charge in [-0.1, -0.05) is 6.07 Å². The Hall–Kier alpha value is -1.45. The lowest BCUT2D eigenvalue weighted by Gasteiger charge is -2.08. The summed E-state index contributed by atoms with van der Waals surface area (Å²) < 4.78 is 28.2. The van der Waals surface area contributed by atoms with Gasteiger partial charge in [-0.3, -0.25) is 4.79 Å². The van der Waals surface area contributed by atoms with E-state index in [1.807, 2.05) is 0 Å². The molecule has 1 rings (SSSR count). The number of halogens is 2. The molecule has 0 spiro atoms. The second-order valence-electron chi connectivity index (χ2n) is 2.93. The summed E-state index contributed by atoms with van der Waals surface area (Å²) in [6.07, 6.45) is 0. The molecule has 0 saturated carbocycles. The lowest BCUT2D eigenvalue weighted by atomic mass is 10.1. The minimum absolute atomic E-state index is 0.0625. The van der Waals surface area contributed by atoms with Gasteiger partial charge in [-0.15, -0.1) is 0 Å². The second-order valence-corrected chi connectivity index (χ2v) is 2.93. The van der Waals surface area contributed by atoms with Crippen molar-refractivity contribution in [3.05, 3.63) is 29.3 Å². The Morgan fingerprint density at radius 1 is 1.43 bits per heavy atom. The Kier molecular flexibility index (Phi) is 3.17. The smallest absolute Gasteiger partial charge is 0.387 e. The average molecular weight is 200 g/mol.